The van der Waals surface area contributed by atoms with Crippen molar-refractivity contribution in [2.45, 2.75) is 6.92 Å². The van der Waals surface area contributed by atoms with E-state index >= 15 is 0 Å². The standard InChI is InChI=1S/C14H11NO2/c1-9-4-3-7-15-13(9)11-6-2-5-10-12(16)8-17-14(10)11/h2-7H,8H2,1H3. The lowest BCUT2D eigenvalue weighted by Crippen LogP contribution is -1.98. The SMILES string of the molecule is Cc1cccnc1-c1cccc2c1OCC2=O. The van der Waals surface area contributed by atoms with Gasteiger partial charge in [0.05, 0.1) is 11.3 Å². The van der Waals surface area contributed by atoms with E-state index in [1.807, 2.05) is 31.2 Å². The van der Waals surface area contributed by atoms with Crippen LogP contribution in [0.2, 0.25) is 0 Å². The fourth-order valence-electron chi connectivity index (χ4n) is 2.08. The molecular formula is C14H11NO2. The van der Waals surface area contributed by atoms with Crippen molar-refractivity contribution < 1.29 is 9.53 Å². The van der Waals surface area contributed by atoms with E-state index < -0.39 is 0 Å². The lowest BCUT2D eigenvalue weighted by molar-refractivity contribution is 0.0961. The minimum Gasteiger partial charge on any atom is -0.484 e. The number of Topliss-reactive ketones (excluding diaryl/α,β-unsaturated/α-hetero) is 1. The van der Waals surface area contributed by atoms with Crippen LogP contribution in [-0.2, 0) is 0 Å². The average Bonchev–Trinajstić information content (AvgIpc) is 2.72. The summed E-state index contributed by atoms with van der Waals surface area (Å²) in [6.45, 7) is 2.14. The van der Waals surface area contributed by atoms with Gasteiger partial charge in [-0.15, -0.1) is 0 Å². The van der Waals surface area contributed by atoms with Gasteiger partial charge in [0.15, 0.2) is 6.61 Å². The number of aromatic nitrogens is 1. The Bertz CT molecular complexity index is 605. The summed E-state index contributed by atoms with van der Waals surface area (Å²) in [5.41, 5.74) is 3.50. The van der Waals surface area contributed by atoms with E-state index in [1.165, 1.54) is 0 Å². The van der Waals surface area contributed by atoms with Gasteiger partial charge >= 0.3 is 0 Å². The minimum atomic E-state index is 0.0374. The number of hydrogen-bond donors (Lipinski definition) is 0. The first-order chi connectivity index (χ1) is 8.27. The van der Waals surface area contributed by atoms with Crippen LogP contribution in [0.3, 0.4) is 0 Å². The molecule has 0 aliphatic carbocycles. The Morgan fingerprint density at radius 3 is 2.82 bits per heavy atom. The van der Waals surface area contributed by atoms with Gasteiger partial charge in [-0.2, -0.15) is 0 Å². The topological polar surface area (TPSA) is 39.2 Å². The van der Waals surface area contributed by atoms with Crippen LogP contribution in [0.5, 0.6) is 5.75 Å². The van der Waals surface area contributed by atoms with Crippen molar-refractivity contribution in [2.24, 2.45) is 0 Å². The van der Waals surface area contributed by atoms with E-state index in [-0.39, 0.29) is 12.4 Å². The van der Waals surface area contributed by atoms with Crippen LogP contribution < -0.4 is 4.74 Å². The Balaban J connectivity index is 2.24. The molecule has 0 amide bonds. The first-order valence-corrected chi connectivity index (χ1v) is 5.48. The van der Waals surface area contributed by atoms with Crippen LogP contribution in [0, 0.1) is 6.92 Å². The molecule has 1 aliphatic rings. The highest BCUT2D eigenvalue weighted by Gasteiger charge is 2.24. The molecule has 3 heteroatoms. The van der Waals surface area contributed by atoms with Crippen molar-refractivity contribution in [3.05, 3.63) is 47.7 Å². The maximum Gasteiger partial charge on any atom is 0.203 e. The number of ketones is 1. The van der Waals surface area contributed by atoms with Crippen LogP contribution in [0.1, 0.15) is 15.9 Å². The minimum absolute atomic E-state index is 0.0374. The van der Waals surface area contributed by atoms with Crippen LogP contribution in [0.15, 0.2) is 36.5 Å². The van der Waals surface area contributed by atoms with Gasteiger partial charge in [0.2, 0.25) is 5.78 Å². The third kappa shape index (κ3) is 1.51. The van der Waals surface area contributed by atoms with Crippen molar-refractivity contribution >= 4 is 5.78 Å². The van der Waals surface area contributed by atoms with Gasteiger partial charge in [0.25, 0.3) is 0 Å². The highest BCUT2D eigenvalue weighted by Crippen LogP contribution is 2.36. The number of carbonyl (C=O) groups is 1. The predicted octanol–water partition coefficient (Wildman–Crippen LogP) is 2.63. The number of aryl methyl sites for hydroxylation is 1. The van der Waals surface area contributed by atoms with E-state index in [9.17, 15) is 4.79 Å². The molecule has 0 bridgehead atoms. The van der Waals surface area contributed by atoms with Gasteiger partial charge in [0.1, 0.15) is 5.75 Å². The molecule has 3 rings (SSSR count). The van der Waals surface area contributed by atoms with Gasteiger partial charge in [-0.3, -0.25) is 9.78 Å². The third-order valence-electron chi connectivity index (χ3n) is 2.93. The molecule has 0 saturated heterocycles. The van der Waals surface area contributed by atoms with Crippen LogP contribution in [0.25, 0.3) is 11.3 Å². The fraction of sp³-hybridized carbons (Fsp3) is 0.143. The van der Waals surface area contributed by atoms with Crippen molar-refractivity contribution in [3.8, 4) is 17.0 Å². The molecule has 17 heavy (non-hydrogen) atoms. The summed E-state index contributed by atoms with van der Waals surface area (Å²) in [6, 6.07) is 9.50. The van der Waals surface area contributed by atoms with Gasteiger partial charge in [0, 0.05) is 11.8 Å². The molecule has 84 valence electrons. The number of rotatable bonds is 1. The van der Waals surface area contributed by atoms with E-state index in [1.54, 1.807) is 12.3 Å². The molecule has 0 unspecified atom stereocenters. The first kappa shape index (κ1) is 10.0. The Hall–Kier alpha value is -2.16. The van der Waals surface area contributed by atoms with Crippen LogP contribution >= 0.6 is 0 Å². The van der Waals surface area contributed by atoms with Crippen molar-refractivity contribution in [1.29, 1.82) is 0 Å². The molecule has 0 saturated carbocycles. The molecule has 1 aromatic carbocycles. The molecule has 1 aliphatic heterocycles. The number of fused-ring (bicyclic) bond motifs is 1. The molecule has 2 aromatic rings. The predicted molar refractivity (Wildman–Crippen MR) is 64.2 cm³/mol. The number of pyridine rings is 1. The molecule has 2 heterocycles. The van der Waals surface area contributed by atoms with E-state index in [4.69, 9.17) is 4.74 Å². The zero-order valence-electron chi connectivity index (χ0n) is 9.43. The molecule has 0 atom stereocenters. The largest absolute Gasteiger partial charge is 0.484 e. The lowest BCUT2D eigenvalue weighted by Gasteiger charge is -2.08. The summed E-state index contributed by atoms with van der Waals surface area (Å²) in [5, 5.41) is 0. The Kier molecular flexibility index (Phi) is 2.18. The molecule has 3 nitrogen and oxygen atoms in total. The number of nitrogens with zero attached hydrogens (tertiary/aromatic N) is 1. The first-order valence-electron chi connectivity index (χ1n) is 5.48. The zero-order chi connectivity index (χ0) is 11.8. The molecule has 1 aromatic heterocycles. The highest BCUT2D eigenvalue weighted by molar-refractivity contribution is 6.04. The highest BCUT2D eigenvalue weighted by atomic mass is 16.5. The monoisotopic (exact) mass is 225 g/mol. The summed E-state index contributed by atoms with van der Waals surface area (Å²) in [4.78, 5) is 15.9. The molecular weight excluding hydrogens is 214 g/mol. The van der Waals surface area contributed by atoms with Crippen molar-refractivity contribution in [3.63, 3.8) is 0 Å². The Morgan fingerprint density at radius 2 is 2.00 bits per heavy atom. The average molecular weight is 225 g/mol. The number of hydrogen-bond acceptors (Lipinski definition) is 3. The molecule has 0 radical (unpaired) electrons. The van der Waals surface area contributed by atoms with Gasteiger partial charge in [-0.05, 0) is 30.7 Å². The summed E-state index contributed by atoms with van der Waals surface area (Å²) >= 11 is 0. The summed E-state index contributed by atoms with van der Waals surface area (Å²) < 4.78 is 5.46. The third-order valence-corrected chi connectivity index (χ3v) is 2.93. The maximum atomic E-state index is 11.6. The van der Waals surface area contributed by atoms with E-state index in [0.29, 0.717) is 11.3 Å². The second-order valence-corrected chi connectivity index (χ2v) is 4.06. The van der Waals surface area contributed by atoms with Gasteiger partial charge < -0.3 is 4.74 Å². The Labute approximate surface area is 99.1 Å². The smallest absolute Gasteiger partial charge is 0.203 e. The second kappa shape index (κ2) is 3.70. The molecule has 0 spiro atoms. The van der Waals surface area contributed by atoms with Crippen LogP contribution in [-0.4, -0.2) is 17.4 Å². The van der Waals surface area contributed by atoms with Gasteiger partial charge in [-0.25, -0.2) is 0 Å². The second-order valence-electron chi connectivity index (χ2n) is 4.06. The van der Waals surface area contributed by atoms with Gasteiger partial charge in [-0.1, -0.05) is 12.1 Å². The summed E-state index contributed by atoms with van der Waals surface area (Å²) in [5.74, 6) is 0.703. The fourth-order valence-corrected chi connectivity index (χ4v) is 2.08. The number of benzene rings is 1. The maximum absolute atomic E-state index is 11.6. The summed E-state index contributed by atoms with van der Waals surface area (Å²) in [7, 11) is 0. The normalized spacial score (nSPS) is 13.4. The molecule has 0 N–H and O–H groups in total. The van der Waals surface area contributed by atoms with E-state index in [0.717, 1.165) is 16.8 Å². The van der Waals surface area contributed by atoms with Crippen molar-refractivity contribution in [1.82, 2.24) is 4.98 Å². The lowest BCUT2D eigenvalue weighted by atomic mass is 10.0. The van der Waals surface area contributed by atoms with Crippen molar-refractivity contribution in [2.75, 3.05) is 6.61 Å². The number of para-hydroxylation sites is 1. The Morgan fingerprint density at radius 1 is 1.18 bits per heavy atom. The quantitative estimate of drug-likeness (QED) is 0.749. The number of ether oxygens (including phenoxy) is 1. The van der Waals surface area contributed by atoms with Crippen LogP contribution in [0.4, 0.5) is 0 Å². The summed E-state index contributed by atoms with van der Waals surface area (Å²) in [6.07, 6.45) is 1.75. The number of carbonyl (C=O) groups excluding carboxylic acids is 1. The zero-order valence-corrected chi connectivity index (χ0v) is 9.43. The molecule has 0 fully saturated rings. The van der Waals surface area contributed by atoms with E-state index in [2.05, 4.69) is 4.98 Å².